The number of hydrogen-bond acceptors (Lipinski definition) is 5. The van der Waals surface area contributed by atoms with Crippen LogP contribution in [0.25, 0.3) is 17.0 Å². The first-order valence-electron chi connectivity index (χ1n) is 7.16. The van der Waals surface area contributed by atoms with Crippen LogP contribution in [-0.2, 0) is 5.75 Å². The van der Waals surface area contributed by atoms with Crippen molar-refractivity contribution in [3.05, 3.63) is 73.1 Å². The van der Waals surface area contributed by atoms with Gasteiger partial charge in [0.15, 0.2) is 0 Å². The molecule has 0 radical (unpaired) electrons. The summed E-state index contributed by atoms with van der Waals surface area (Å²) in [6, 6.07) is 12.4. The topological polar surface area (TPSA) is 56.0 Å². The zero-order valence-electron chi connectivity index (χ0n) is 12.2. The van der Waals surface area contributed by atoms with Crippen LogP contribution >= 0.6 is 11.8 Å². The molecule has 0 aliphatic rings. The Bertz CT molecular complexity index is 922. The summed E-state index contributed by atoms with van der Waals surface area (Å²) in [7, 11) is 0. The van der Waals surface area contributed by atoms with Crippen LogP contribution in [0.3, 0.4) is 0 Å². The number of imidazole rings is 1. The monoisotopic (exact) mass is 319 g/mol. The SMILES string of the molecule is c1ccc(CSc2ccn3c(-c4cncnc4)cnc3n2)cc1. The van der Waals surface area contributed by atoms with E-state index >= 15 is 0 Å². The Hall–Kier alpha value is -2.73. The largest absolute Gasteiger partial charge is 0.284 e. The lowest BCUT2D eigenvalue weighted by atomic mass is 10.2. The second-order valence-corrected chi connectivity index (χ2v) is 5.98. The Morgan fingerprint density at radius 2 is 1.78 bits per heavy atom. The molecule has 112 valence electrons. The van der Waals surface area contributed by atoms with E-state index < -0.39 is 0 Å². The molecule has 23 heavy (non-hydrogen) atoms. The fourth-order valence-corrected chi connectivity index (χ4v) is 3.12. The first-order chi connectivity index (χ1) is 11.4. The van der Waals surface area contributed by atoms with Gasteiger partial charge in [0, 0.05) is 29.9 Å². The zero-order chi connectivity index (χ0) is 15.5. The van der Waals surface area contributed by atoms with E-state index in [4.69, 9.17) is 0 Å². The van der Waals surface area contributed by atoms with Crippen molar-refractivity contribution in [2.45, 2.75) is 10.8 Å². The number of benzene rings is 1. The van der Waals surface area contributed by atoms with Crippen LogP contribution in [0.4, 0.5) is 0 Å². The van der Waals surface area contributed by atoms with Gasteiger partial charge in [-0.25, -0.2) is 19.9 Å². The minimum Gasteiger partial charge on any atom is -0.284 e. The zero-order valence-corrected chi connectivity index (χ0v) is 13.0. The molecule has 4 rings (SSSR count). The molecule has 0 amide bonds. The van der Waals surface area contributed by atoms with Crippen LogP contribution < -0.4 is 0 Å². The van der Waals surface area contributed by atoms with E-state index in [-0.39, 0.29) is 0 Å². The quantitative estimate of drug-likeness (QED) is 0.426. The summed E-state index contributed by atoms with van der Waals surface area (Å²) in [5.41, 5.74) is 3.14. The molecule has 0 bridgehead atoms. The third kappa shape index (κ3) is 2.93. The van der Waals surface area contributed by atoms with Gasteiger partial charge in [-0.15, -0.1) is 11.8 Å². The molecule has 0 atom stereocenters. The molecular formula is C17H13N5S. The Kier molecular flexibility index (Phi) is 3.73. The Morgan fingerprint density at radius 1 is 0.957 bits per heavy atom. The third-order valence-electron chi connectivity index (χ3n) is 3.44. The molecule has 5 nitrogen and oxygen atoms in total. The van der Waals surface area contributed by atoms with Gasteiger partial charge in [0.2, 0.25) is 5.78 Å². The van der Waals surface area contributed by atoms with Crippen LogP contribution in [0.1, 0.15) is 5.56 Å². The summed E-state index contributed by atoms with van der Waals surface area (Å²) in [6.45, 7) is 0. The highest BCUT2D eigenvalue weighted by atomic mass is 32.2. The molecule has 0 saturated heterocycles. The highest BCUT2D eigenvalue weighted by Crippen LogP contribution is 2.23. The molecule has 4 aromatic rings. The molecular weight excluding hydrogens is 306 g/mol. The number of nitrogens with zero attached hydrogens (tertiary/aromatic N) is 5. The summed E-state index contributed by atoms with van der Waals surface area (Å²) in [6.07, 6.45) is 8.85. The first-order valence-corrected chi connectivity index (χ1v) is 8.15. The molecule has 0 aliphatic carbocycles. The van der Waals surface area contributed by atoms with E-state index in [1.807, 2.05) is 22.7 Å². The lowest BCUT2D eigenvalue weighted by Crippen LogP contribution is -1.93. The smallest absolute Gasteiger partial charge is 0.235 e. The average Bonchev–Trinajstić information content (AvgIpc) is 3.05. The molecule has 6 heteroatoms. The van der Waals surface area contributed by atoms with Crippen molar-refractivity contribution in [3.63, 3.8) is 0 Å². The van der Waals surface area contributed by atoms with Crippen LogP contribution in [0, 0.1) is 0 Å². The maximum Gasteiger partial charge on any atom is 0.235 e. The normalized spacial score (nSPS) is 11.0. The average molecular weight is 319 g/mol. The summed E-state index contributed by atoms with van der Waals surface area (Å²) >= 11 is 1.70. The molecule has 0 saturated carbocycles. The molecule has 3 aromatic heterocycles. The van der Waals surface area contributed by atoms with Crippen molar-refractivity contribution in [2.24, 2.45) is 0 Å². The van der Waals surface area contributed by atoms with E-state index in [1.54, 1.807) is 30.4 Å². The summed E-state index contributed by atoms with van der Waals surface area (Å²) in [4.78, 5) is 17.1. The van der Waals surface area contributed by atoms with Crippen molar-refractivity contribution in [1.29, 1.82) is 0 Å². The molecule has 3 heterocycles. The molecule has 0 aliphatic heterocycles. The van der Waals surface area contributed by atoms with Crippen LogP contribution in [0.2, 0.25) is 0 Å². The van der Waals surface area contributed by atoms with Gasteiger partial charge in [0.05, 0.1) is 11.9 Å². The van der Waals surface area contributed by atoms with Gasteiger partial charge in [-0.1, -0.05) is 30.3 Å². The van der Waals surface area contributed by atoms with Crippen molar-refractivity contribution in [2.75, 3.05) is 0 Å². The van der Waals surface area contributed by atoms with Gasteiger partial charge in [-0.3, -0.25) is 4.40 Å². The lowest BCUT2D eigenvalue weighted by Gasteiger charge is -2.03. The minimum atomic E-state index is 0.682. The maximum atomic E-state index is 4.61. The van der Waals surface area contributed by atoms with E-state index in [2.05, 4.69) is 44.2 Å². The van der Waals surface area contributed by atoms with Crippen molar-refractivity contribution < 1.29 is 0 Å². The van der Waals surface area contributed by atoms with Crippen LogP contribution in [0.5, 0.6) is 0 Å². The molecule has 1 aromatic carbocycles. The van der Waals surface area contributed by atoms with Gasteiger partial charge in [0.1, 0.15) is 11.4 Å². The van der Waals surface area contributed by atoms with E-state index in [9.17, 15) is 0 Å². The summed E-state index contributed by atoms with van der Waals surface area (Å²) in [5, 5.41) is 0.961. The number of rotatable bonds is 4. The molecule has 0 fully saturated rings. The highest BCUT2D eigenvalue weighted by molar-refractivity contribution is 7.98. The Morgan fingerprint density at radius 3 is 2.61 bits per heavy atom. The number of fused-ring (bicyclic) bond motifs is 1. The minimum absolute atomic E-state index is 0.682. The first kappa shape index (κ1) is 13.9. The maximum absolute atomic E-state index is 4.61. The fourth-order valence-electron chi connectivity index (χ4n) is 2.31. The second-order valence-electron chi connectivity index (χ2n) is 4.98. The number of aromatic nitrogens is 5. The third-order valence-corrected chi connectivity index (χ3v) is 4.44. The predicted octanol–water partition coefficient (Wildman–Crippen LogP) is 3.48. The number of thioether (sulfide) groups is 1. The molecule has 0 unspecified atom stereocenters. The van der Waals surface area contributed by atoms with Crippen molar-refractivity contribution >= 4 is 17.5 Å². The molecule has 0 spiro atoms. The predicted molar refractivity (Wildman–Crippen MR) is 90.0 cm³/mol. The fraction of sp³-hybridized carbons (Fsp3) is 0.0588. The van der Waals surface area contributed by atoms with Gasteiger partial charge in [0.25, 0.3) is 0 Å². The van der Waals surface area contributed by atoms with E-state index in [0.29, 0.717) is 5.78 Å². The summed E-state index contributed by atoms with van der Waals surface area (Å²) < 4.78 is 1.95. The van der Waals surface area contributed by atoms with Crippen molar-refractivity contribution in [1.82, 2.24) is 24.3 Å². The van der Waals surface area contributed by atoms with Crippen LogP contribution in [0.15, 0.2) is 72.5 Å². The number of hydrogen-bond donors (Lipinski definition) is 0. The highest BCUT2D eigenvalue weighted by Gasteiger charge is 2.08. The second kappa shape index (κ2) is 6.18. The molecule has 0 N–H and O–H groups in total. The van der Waals surface area contributed by atoms with E-state index in [1.165, 1.54) is 11.9 Å². The van der Waals surface area contributed by atoms with E-state index in [0.717, 1.165) is 22.0 Å². The van der Waals surface area contributed by atoms with Crippen LogP contribution in [-0.4, -0.2) is 24.3 Å². The van der Waals surface area contributed by atoms with Crippen molar-refractivity contribution in [3.8, 4) is 11.3 Å². The van der Waals surface area contributed by atoms with Gasteiger partial charge in [-0.05, 0) is 11.6 Å². The van der Waals surface area contributed by atoms with Gasteiger partial charge in [-0.2, -0.15) is 0 Å². The van der Waals surface area contributed by atoms with Gasteiger partial charge < -0.3 is 0 Å². The Labute approximate surface area is 137 Å². The standard InChI is InChI=1S/C17H13N5S/c1-2-4-13(5-3-1)11-23-16-6-7-22-15(10-20-17(22)21-16)14-8-18-12-19-9-14/h1-10,12H,11H2. The summed E-state index contributed by atoms with van der Waals surface area (Å²) in [5.74, 6) is 1.58. The lowest BCUT2D eigenvalue weighted by molar-refractivity contribution is 1.03. The Balaban J connectivity index is 1.60. The van der Waals surface area contributed by atoms with Gasteiger partial charge >= 0.3 is 0 Å².